The molecule has 0 unspecified atom stereocenters. The van der Waals surface area contributed by atoms with Crippen molar-refractivity contribution in [2.75, 3.05) is 0 Å². The number of nitrogens with zero attached hydrogens (tertiary/aromatic N) is 1. The molecule has 5 heteroatoms. The van der Waals surface area contributed by atoms with Crippen LogP contribution in [0.1, 0.15) is 5.56 Å². The van der Waals surface area contributed by atoms with Crippen molar-refractivity contribution in [3.8, 4) is 0 Å². The number of aromatic nitrogens is 2. The molecule has 0 saturated carbocycles. The fourth-order valence-electron chi connectivity index (χ4n) is 1.38. The van der Waals surface area contributed by atoms with Crippen LogP contribution >= 0.6 is 0 Å². The van der Waals surface area contributed by atoms with Crippen LogP contribution in [0.15, 0.2) is 46.1 Å². The third-order valence-electron chi connectivity index (χ3n) is 2.20. The minimum Gasteiger partial charge on any atom is -0.296 e. The average molecular weight is 220 g/mol. The van der Waals surface area contributed by atoms with E-state index in [0.29, 0.717) is 5.56 Å². The molecule has 0 atom stereocenters. The maximum atomic E-state index is 13.3. The van der Waals surface area contributed by atoms with Crippen LogP contribution in [0.3, 0.4) is 0 Å². The Morgan fingerprint density at radius 2 is 1.94 bits per heavy atom. The number of halogens is 1. The molecule has 16 heavy (non-hydrogen) atoms. The van der Waals surface area contributed by atoms with Crippen LogP contribution in [0.2, 0.25) is 0 Å². The summed E-state index contributed by atoms with van der Waals surface area (Å²) in [5.41, 5.74) is -0.609. The summed E-state index contributed by atoms with van der Waals surface area (Å²) in [6.45, 7) is 0.0995. The lowest BCUT2D eigenvalue weighted by molar-refractivity contribution is 0.593. The van der Waals surface area contributed by atoms with E-state index in [1.165, 1.54) is 22.9 Å². The first-order chi connectivity index (χ1) is 7.66. The first-order valence-electron chi connectivity index (χ1n) is 4.70. The van der Waals surface area contributed by atoms with Gasteiger partial charge >= 0.3 is 5.69 Å². The zero-order valence-electron chi connectivity index (χ0n) is 8.31. The highest BCUT2D eigenvalue weighted by molar-refractivity contribution is 5.17. The van der Waals surface area contributed by atoms with Crippen LogP contribution in [0.4, 0.5) is 4.39 Å². The van der Waals surface area contributed by atoms with Crippen LogP contribution in [0.25, 0.3) is 0 Å². The van der Waals surface area contributed by atoms with Crippen LogP contribution in [-0.2, 0) is 6.54 Å². The molecular weight excluding hydrogens is 211 g/mol. The molecule has 2 aromatic rings. The molecule has 2 rings (SSSR count). The summed E-state index contributed by atoms with van der Waals surface area (Å²) in [7, 11) is 0. The van der Waals surface area contributed by atoms with Crippen molar-refractivity contribution in [3.05, 3.63) is 68.7 Å². The van der Waals surface area contributed by atoms with Gasteiger partial charge in [-0.05, 0) is 6.07 Å². The lowest BCUT2D eigenvalue weighted by atomic mass is 10.2. The average Bonchev–Trinajstić information content (AvgIpc) is 2.25. The van der Waals surface area contributed by atoms with Gasteiger partial charge in [0.25, 0.3) is 5.56 Å². The molecule has 1 aromatic carbocycles. The molecular formula is C11H9FN2O2. The van der Waals surface area contributed by atoms with Crippen LogP contribution < -0.4 is 11.2 Å². The molecule has 0 fully saturated rings. The quantitative estimate of drug-likeness (QED) is 0.810. The smallest absolute Gasteiger partial charge is 0.296 e. The molecule has 0 bridgehead atoms. The fourth-order valence-corrected chi connectivity index (χ4v) is 1.38. The lowest BCUT2D eigenvalue weighted by Gasteiger charge is -2.05. The second-order valence-electron chi connectivity index (χ2n) is 3.33. The summed E-state index contributed by atoms with van der Waals surface area (Å²) in [6, 6.07) is 7.41. The van der Waals surface area contributed by atoms with Gasteiger partial charge in [0.15, 0.2) is 0 Å². The molecule has 1 N–H and O–H groups in total. The molecule has 0 radical (unpaired) electrons. The number of aromatic amines is 1. The highest BCUT2D eigenvalue weighted by Gasteiger charge is 2.02. The maximum Gasteiger partial charge on any atom is 0.328 e. The van der Waals surface area contributed by atoms with Gasteiger partial charge in [0.2, 0.25) is 0 Å². The van der Waals surface area contributed by atoms with Crippen LogP contribution in [0, 0.1) is 5.82 Å². The monoisotopic (exact) mass is 220 g/mol. The molecule has 1 aromatic heterocycles. The molecule has 1 heterocycles. The number of nitrogens with one attached hydrogen (secondary N) is 1. The predicted octanol–water partition coefficient (Wildman–Crippen LogP) is 0.724. The Balaban J connectivity index is 2.38. The summed E-state index contributed by atoms with van der Waals surface area (Å²) >= 11 is 0. The Kier molecular flexibility index (Phi) is 2.68. The number of benzene rings is 1. The van der Waals surface area contributed by atoms with Gasteiger partial charge in [0, 0.05) is 17.8 Å². The van der Waals surface area contributed by atoms with Gasteiger partial charge in [-0.25, -0.2) is 9.18 Å². The molecule has 4 nitrogen and oxygen atoms in total. The first-order valence-corrected chi connectivity index (χ1v) is 4.70. The van der Waals surface area contributed by atoms with E-state index >= 15 is 0 Å². The van der Waals surface area contributed by atoms with E-state index in [9.17, 15) is 14.0 Å². The van der Waals surface area contributed by atoms with Gasteiger partial charge in [-0.1, -0.05) is 18.2 Å². The fraction of sp³-hybridized carbons (Fsp3) is 0.0909. The maximum absolute atomic E-state index is 13.3. The van der Waals surface area contributed by atoms with E-state index in [1.54, 1.807) is 18.2 Å². The van der Waals surface area contributed by atoms with Crippen molar-refractivity contribution in [1.82, 2.24) is 9.55 Å². The standard InChI is InChI=1S/C11H9FN2O2/c12-9-4-2-1-3-8(9)7-14-6-5-10(15)13-11(14)16/h1-6H,7H2,(H,13,15,16). The van der Waals surface area contributed by atoms with Crippen LogP contribution in [-0.4, -0.2) is 9.55 Å². The van der Waals surface area contributed by atoms with Gasteiger partial charge in [-0.2, -0.15) is 0 Å². The molecule has 0 saturated heterocycles. The number of rotatable bonds is 2. The van der Waals surface area contributed by atoms with Gasteiger partial charge < -0.3 is 0 Å². The highest BCUT2D eigenvalue weighted by atomic mass is 19.1. The van der Waals surface area contributed by atoms with Crippen molar-refractivity contribution in [2.45, 2.75) is 6.54 Å². The van der Waals surface area contributed by atoms with E-state index < -0.39 is 11.2 Å². The van der Waals surface area contributed by atoms with Crippen molar-refractivity contribution >= 4 is 0 Å². The molecule has 0 aliphatic carbocycles. The topological polar surface area (TPSA) is 54.9 Å². The third kappa shape index (κ3) is 2.08. The second-order valence-corrected chi connectivity index (χ2v) is 3.33. The molecule has 0 aliphatic rings. The largest absolute Gasteiger partial charge is 0.328 e. The van der Waals surface area contributed by atoms with Gasteiger partial charge in [0.1, 0.15) is 5.82 Å². The number of H-pyrrole nitrogens is 1. The van der Waals surface area contributed by atoms with Crippen LogP contribution in [0.5, 0.6) is 0 Å². The van der Waals surface area contributed by atoms with Crippen molar-refractivity contribution < 1.29 is 4.39 Å². The van der Waals surface area contributed by atoms with Crippen molar-refractivity contribution in [3.63, 3.8) is 0 Å². The van der Waals surface area contributed by atoms with E-state index in [4.69, 9.17) is 0 Å². The summed E-state index contributed by atoms with van der Waals surface area (Å²) < 4.78 is 14.5. The third-order valence-corrected chi connectivity index (χ3v) is 2.20. The minimum atomic E-state index is -0.546. The lowest BCUT2D eigenvalue weighted by Crippen LogP contribution is -2.29. The van der Waals surface area contributed by atoms with E-state index in [0.717, 1.165) is 0 Å². The van der Waals surface area contributed by atoms with Gasteiger partial charge in [-0.15, -0.1) is 0 Å². The summed E-state index contributed by atoms with van der Waals surface area (Å²) in [5.74, 6) is -0.374. The number of hydrogen-bond donors (Lipinski definition) is 1. The van der Waals surface area contributed by atoms with Gasteiger partial charge in [0.05, 0.1) is 6.54 Å². The molecule has 0 spiro atoms. The summed E-state index contributed by atoms with van der Waals surface area (Å²) in [4.78, 5) is 24.3. The molecule has 0 amide bonds. The predicted molar refractivity (Wildman–Crippen MR) is 56.8 cm³/mol. The normalized spacial score (nSPS) is 10.3. The molecule has 82 valence electrons. The Morgan fingerprint density at radius 3 is 2.62 bits per heavy atom. The summed E-state index contributed by atoms with van der Waals surface area (Å²) in [5, 5.41) is 0. The molecule has 0 aliphatic heterocycles. The SMILES string of the molecule is O=c1ccn(Cc2ccccc2F)c(=O)[nH]1. The Hall–Kier alpha value is -2.17. The summed E-state index contributed by atoms with van der Waals surface area (Å²) in [6.07, 6.45) is 1.34. The van der Waals surface area contributed by atoms with Crippen molar-refractivity contribution in [1.29, 1.82) is 0 Å². The van der Waals surface area contributed by atoms with E-state index in [-0.39, 0.29) is 12.4 Å². The first kappa shape index (κ1) is 10.4. The Labute approximate surface area is 90.0 Å². The zero-order chi connectivity index (χ0) is 11.5. The van der Waals surface area contributed by atoms with Crippen molar-refractivity contribution in [2.24, 2.45) is 0 Å². The highest BCUT2D eigenvalue weighted by Crippen LogP contribution is 2.06. The Bertz CT molecular complexity index is 616. The Morgan fingerprint density at radius 1 is 1.19 bits per heavy atom. The number of hydrogen-bond acceptors (Lipinski definition) is 2. The van der Waals surface area contributed by atoms with Gasteiger partial charge in [-0.3, -0.25) is 14.3 Å². The van der Waals surface area contributed by atoms with E-state index in [1.807, 2.05) is 0 Å². The zero-order valence-corrected chi connectivity index (χ0v) is 8.31. The second kappa shape index (κ2) is 4.14. The minimum absolute atomic E-state index is 0.0995. The van der Waals surface area contributed by atoms with E-state index in [2.05, 4.69) is 4.98 Å².